The third-order valence-corrected chi connectivity index (χ3v) is 4.73. The van der Waals surface area contributed by atoms with Gasteiger partial charge in [0, 0.05) is 40.2 Å². The van der Waals surface area contributed by atoms with Crippen LogP contribution < -0.4 is 14.8 Å². The Hall–Kier alpha value is -3.66. The Bertz CT molecular complexity index is 1320. The molecule has 30 heavy (non-hydrogen) atoms. The van der Waals surface area contributed by atoms with Gasteiger partial charge in [-0.3, -0.25) is 4.72 Å². The maximum absolute atomic E-state index is 14.7. The zero-order chi connectivity index (χ0) is 21.3. The number of sulfonamides is 1. The van der Waals surface area contributed by atoms with E-state index in [0.717, 1.165) is 11.9 Å². The van der Waals surface area contributed by atoms with Crippen LogP contribution in [-0.2, 0) is 10.0 Å². The van der Waals surface area contributed by atoms with Crippen molar-refractivity contribution in [2.75, 3.05) is 16.3 Å². The molecule has 2 aromatic carbocycles. The highest BCUT2D eigenvalue weighted by molar-refractivity contribution is 7.92. The molecule has 0 aliphatic heterocycles. The van der Waals surface area contributed by atoms with Crippen molar-refractivity contribution in [1.82, 2.24) is 15.0 Å². The highest BCUT2D eigenvalue weighted by Crippen LogP contribution is 2.30. The molecule has 0 unspecified atom stereocenters. The van der Waals surface area contributed by atoms with E-state index in [1.54, 1.807) is 36.4 Å². The molecule has 0 saturated carbocycles. The number of anilines is 3. The van der Waals surface area contributed by atoms with E-state index >= 15 is 0 Å². The number of hydrogen-bond acceptors (Lipinski definition) is 6. The lowest BCUT2D eigenvalue weighted by atomic mass is 10.2. The number of H-pyrrole nitrogens is 1. The minimum atomic E-state index is -3.34. The van der Waals surface area contributed by atoms with Crippen molar-refractivity contribution in [3.63, 3.8) is 0 Å². The Morgan fingerprint density at radius 2 is 1.80 bits per heavy atom. The van der Waals surface area contributed by atoms with Crippen LogP contribution in [0, 0.1) is 12.7 Å². The lowest BCUT2D eigenvalue weighted by molar-refractivity contribution is 0.430. The molecule has 8 nitrogen and oxygen atoms in total. The van der Waals surface area contributed by atoms with Gasteiger partial charge >= 0.3 is 0 Å². The van der Waals surface area contributed by atoms with Crippen LogP contribution in [0.3, 0.4) is 0 Å². The molecule has 0 bridgehead atoms. The first-order chi connectivity index (χ1) is 14.3. The second-order valence-corrected chi connectivity index (χ2v) is 8.44. The van der Waals surface area contributed by atoms with E-state index < -0.39 is 15.8 Å². The normalized spacial score (nSPS) is 11.4. The molecule has 0 radical (unpaired) electrons. The van der Waals surface area contributed by atoms with E-state index in [4.69, 9.17) is 4.74 Å². The van der Waals surface area contributed by atoms with Gasteiger partial charge in [0.25, 0.3) is 0 Å². The van der Waals surface area contributed by atoms with E-state index in [1.807, 2.05) is 6.92 Å². The lowest BCUT2D eigenvalue weighted by Gasteiger charge is -2.09. The number of hydrogen-bond donors (Lipinski definition) is 3. The number of ether oxygens (including phenoxy) is 1. The maximum Gasteiger partial charge on any atom is 0.230 e. The molecule has 0 spiro atoms. The molecule has 2 heterocycles. The average Bonchev–Trinajstić information content (AvgIpc) is 3.06. The van der Waals surface area contributed by atoms with Crippen LogP contribution in [-0.4, -0.2) is 29.6 Å². The van der Waals surface area contributed by atoms with Crippen LogP contribution >= 0.6 is 0 Å². The van der Waals surface area contributed by atoms with Gasteiger partial charge in [-0.15, -0.1) is 0 Å². The van der Waals surface area contributed by atoms with E-state index in [-0.39, 0.29) is 17.6 Å². The van der Waals surface area contributed by atoms with Crippen LogP contribution in [0.1, 0.15) is 5.69 Å². The molecule has 4 aromatic rings. The number of nitrogens with zero attached hydrogens (tertiary/aromatic N) is 2. The number of aryl methyl sites for hydroxylation is 1. The quantitative estimate of drug-likeness (QED) is 0.423. The molecular formula is C20H18FN5O3S. The highest BCUT2D eigenvalue weighted by atomic mass is 32.2. The molecule has 3 N–H and O–H groups in total. The van der Waals surface area contributed by atoms with Crippen LogP contribution in [0.25, 0.3) is 10.9 Å². The minimum Gasteiger partial charge on any atom is -0.436 e. The third-order valence-electron chi connectivity index (χ3n) is 4.13. The molecule has 4 rings (SSSR count). The largest absolute Gasteiger partial charge is 0.436 e. The first kappa shape index (κ1) is 19.6. The summed E-state index contributed by atoms with van der Waals surface area (Å²) in [6.07, 6.45) is 2.57. The van der Waals surface area contributed by atoms with Crippen molar-refractivity contribution in [1.29, 1.82) is 0 Å². The van der Waals surface area contributed by atoms with Crippen molar-refractivity contribution in [3.05, 3.63) is 66.2 Å². The highest BCUT2D eigenvalue weighted by Gasteiger charge is 2.12. The number of halogens is 1. The summed E-state index contributed by atoms with van der Waals surface area (Å²) >= 11 is 0. The van der Waals surface area contributed by atoms with Gasteiger partial charge in [0.2, 0.25) is 21.9 Å². The van der Waals surface area contributed by atoms with Crippen LogP contribution in [0.4, 0.5) is 21.7 Å². The Balaban J connectivity index is 1.51. The molecule has 10 heteroatoms. The molecule has 0 amide bonds. The van der Waals surface area contributed by atoms with E-state index in [2.05, 4.69) is 25.0 Å². The summed E-state index contributed by atoms with van der Waals surface area (Å²) < 4.78 is 45.3. The first-order valence-electron chi connectivity index (χ1n) is 8.90. The molecular weight excluding hydrogens is 409 g/mol. The predicted molar refractivity (Wildman–Crippen MR) is 113 cm³/mol. The first-order valence-corrected chi connectivity index (χ1v) is 10.8. The number of nitrogens with one attached hydrogen (secondary N) is 3. The zero-order valence-corrected chi connectivity index (χ0v) is 16.9. The molecule has 0 aliphatic carbocycles. The number of aromatic nitrogens is 3. The van der Waals surface area contributed by atoms with Crippen molar-refractivity contribution in [2.45, 2.75) is 6.92 Å². The van der Waals surface area contributed by atoms with Gasteiger partial charge in [-0.05, 0) is 49.4 Å². The van der Waals surface area contributed by atoms with Crippen LogP contribution in [0.5, 0.6) is 11.6 Å². The summed E-state index contributed by atoms with van der Waals surface area (Å²) in [5.74, 6) is 0.00459. The molecule has 0 saturated heterocycles. The van der Waals surface area contributed by atoms with Crippen molar-refractivity contribution >= 4 is 38.2 Å². The maximum atomic E-state index is 14.7. The molecule has 2 aromatic heterocycles. The smallest absolute Gasteiger partial charge is 0.230 e. The second-order valence-electron chi connectivity index (χ2n) is 6.69. The summed E-state index contributed by atoms with van der Waals surface area (Å²) in [5, 5.41) is 3.43. The Morgan fingerprint density at radius 1 is 1.07 bits per heavy atom. The monoisotopic (exact) mass is 427 g/mol. The van der Waals surface area contributed by atoms with E-state index in [9.17, 15) is 12.8 Å². The van der Waals surface area contributed by atoms with Crippen molar-refractivity contribution in [3.8, 4) is 11.6 Å². The van der Waals surface area contributed by atoms with Gasteiger partial charge in [0.15, 0.2) is 11.6 Å². The van der Waals surface area contributed by atoms with Crippen molar-refractivity contribution < 1.29 is 17.5 Å². The summed E-state index contributed by atoms with van der Waals surface area (Å²) in [5.41, 5.74) is 2.62. The predicted octanol–water partition coefficient (Wildman–Crippen LogP) is 4.31. The third kappa shape index (κ3) is 4.49. The van der Waals surface area contributed by atoms with E-state index in [1.165, 1.54) is 18.3 Å². The minimum absolute atomic E-state index is 0.0577. The zero-order valence-electron chi connectivity index (χ0n) is 16.1. The Morgan fingerprint density at radius 3 is 2.53 bits per heavy atom. The van der Waals surface area contributed by atoms with Gasteiger partial charge in [-0.25, -0.2) is 17.8 Å². The van der Waals surface area contributed by atoms with Gasteiger partial charge in [0.1, 0.15) is 0 Å². The number of benzene rings is 2. The number of aromatic amines is 1. The second kappa shape index (κ2) is 7.64. The van der Waals surface area contributed by atoms with Gasteiger partial charge in [-0.1, -0.05) is 0 Å². The lowest BCUT2D eigenvalue weighted by Crippen LogP contribution is -2.09. The Kier molecular flexibility index (Phi) is 5.00. The molecule has 154 valence electrons. The summed E-state index contributed by atoms with van der Waals surface area (Å²) in [6.45, 7) is 1.85. The molecule has 0 aliphatic rings. The van der Waals surface area contributed by atoms with Crippen LogP contribution in [0.15, 0.2) is 54.7 Å². The molecule has 0 fully saturated rings. The topological polar surface area (TPSA) is 109 Å². The standard InChI is InChI=1S/C20H18FN5O3S/c1-12-11-15-16(23-12)7-8-17(19(15)21)29-18-9-10-22-20(25-18)24-13-3-5-14(6-4-13)26-30(2,27)28/h3-11,23,26H,1-2H3,(H,22,24,25). The van der Waals surface area contributed by atoms with Gasteiger partial charge in [0.05, 0.1) is 6.26 Å². The SMILES string of the molecule is Cc1cc2c(F)c(Oc3ccnc(Nc4ccc(NS(C)(=O)=O)cc4)n3)ccc2[nH]1. The van der Waals surface area contributed by atoms with Crippen LogP contribution in [0.2, 0.25) is 0 Å². The van der Waals surface area contributed by atoms with Gasteiger partial charge < -0.3 is 15.0 Å². The fourth-order valence-electron chi connectivity index (χ4n) is 2.90. The van der Waals surface area contributed by atoms with Gasteiger partial charge in [-0.2, -0.15) is 4.98 Å². The average molecular weight is 427 g/mol. The summed E-state index contributed by atoms with van der Waals surface area (Å²) in [6, 6.07) is 13.1. The number of fused-ring (bicyclic) bond motifs is 1. The van der Waals surface area contributed by atoms with E-state index in [0.29, 0.717) is 22.3 Å². The summed E-state index contributed by atoms with van der Waals surface area (Å²) in [4.78, 5) is 11.4. The van der Waals surface area contributed by atoms with Crippen molar-refractivity contribution in [2.24, 2.45) is 0 Å². The number of rotatable bonds is 6. The molecule has 0 atom stereocenters. The Labute approximate surface area is 172 Å². The fraction of sp³-hybridized carbons (Fsp3) is 0.100. The summed E-state index contributed by atoms with van der Waals surface area (Å²) in [7, 11) is -3.34. The fourth-order valence-corrected chi connectivity index (χ4v) is 3.47.